The van der Waals surface area contributed by atoms with E-state index in [0.717, 1.165) is 5.56 Å². The number of aromatic nitrogens is 2. The van der Waals surface area contributed by atoms with E-state index in [1.807, 2.05) is 25.1 Å². The zero-order valence-corrected chi connectivity index (χ0v) is 16.7. The van der Waals surface area contributed by atoms with Crippen molar-refractivity contribution in [3.63, 3.8) is 0 Å². The fourth-order valence-electron chi connectivity index (χ4n) is 2.31. The molecular formula is C18H16ClFN4OS2. The highest BCUT2D eigenvalue weighted by atomic mass is 35.5. The van der Waals surface area contributed by atoms with Crippen LogP contribution in [-0.4, -0.2) is 21.9 Å². The van der Waals surface area contributed by atoms with Gasteiger partial charge in [-0.25, -0.2) is 4.39 Å². The Balaban J connectivity index is 1.52. The second-order valence-electron chi connectivity index (χ2n) is 5.58. The van der Waals surface area contributed by atoms with Gasteiger partial charge in [0.2, 0.25) is 11.0 Å². The van der Waals surface area contributed by atoms with E-state index in [0.29, 0.717) is 20.2 Å². The van der Waals surface area contributed by atoms with Gasteiger partial charge in [-0.05, 0) is 30.7 Å². The molecule has 0 aliphatic carbocycles. The third kappa shape index (κ3) is 5.41. The van der Waals surface area contributed by atoms with Crippen LogP contribution in [0.5, 0.6) is 0 Å². The van der Waals surface area contributed by atoms with E-state index in [-0.39, 0.29) is 23.5 Å². The number of thioether (sulfide) groups is 1. The third-order valence-corrected chi connectivity index (χ3v) is 5.91. The van der Waals surface area contributed by atoms with Crippen molar-refractivity contribution in [2.45, 2.75) is 17.3 Å². The van der Waals surface area contributed by atoms with Crippen molar-refractivity contribution in [3.8, 4) is 0 Å². The molecule has 0 aliphatic rings. The Morgan fingerprint density at radius 2 is 1.96 bits per heavy atom. The fourth-order valence-corrected chi connectivity index (χ4v) is 4.19. The lowest BCUT2D eigenvalue weighted by molar-refractivity contribution is -0.119. The molecule has 1 aromatic heterocycles. The van der Waals surface area contributed by atoms with E-state index < -0.39 is 0 Å². The number of para-hydroxylation sites is 1. The number of carbonyl (C=O) groups is 1. The second-order valence-corrected chi connectivity index (χ2v) is 8.18. The van der Waals surface area contributed by atoms with Crippen LogP contribution in [0.25, 0.3) is 0 Å². The first kappa shape index (κ1) is 19.6. The molecule has 27 heavy (non-hydrogen) atoms. The van der Waals surface area contributed by atoms with Gasteiger partial charge in [0.25, 0.3) is 0 Å². The van der Waals surface area contributed by atoms with Gasteiger partial charge in [0, 0.05) is 5.02 Å². The minimum Gasteiger partial charge on any atom is -0.349 e. The van der Waals surface area contributed by atoms with Crippen molar-refractivity contribution in [1.29, 1.82) is 0 Å². The van der Waals surface area contributed by atoms with Crippen LogP contribution in [0.1, 0.15) is 18.5 Å². The number of rotatable bonds is 7. The molecule has 0 radical (unpaired) electrons. The molecule has 0 bridgehead atoms. The normalized spacial score (nSPS) is 11.8. The molecule has 0 fully saturated rings. The lowest BCUT2D eigenvalue weighted by Gasteiger charge is -2.15. The quantitative estimate of drug-likeness (QED) is 0.522. The average molecular weight is 423 g/mol. The van der Waals surface area contributed by atoms with Crippen molar-refractivity contribution in [3.05, 3.63) is 64.9 Å². The van der Waals surface area contributed by atoms with E-state index in [1.54, 1.807) is 24.3 Å². The van der Waals surface area contributed by atoms with Gasteiger partial charge in [-0.3, -0.25) is 4.79 Å². The van der Waals surface area contributed by atoms with Crippen molar-refractivity contribution < 1.29 is 9.18 Å². The zero-order valence-electron chi connectivity index (χ0n) is 14.3. The molecule has 2 aromatic carbocycles. The first-order chi connectivity index (χ1) is 13.0. The van der Waals surface area contributed by atoms with Crippen LogP contribution in [0.15, 0.2) is 52.9 Å². The molecule has 140 valence electrons. The van der Waals surface area contributed by atoms with Crippen molar-refractivity contribution >= 4 is 51.4 Å². The molecule has 0 saturated carbocycles. The Labute approximate surface area is 169 Å². The van der Waals surface area contributed by atoms with Crippen LogP contribution >= 0.6 is 34.7 Å². The summed E-state index contributed by atoms with van der Waals surface area (Å²) in [6.45, 7) is 1.88. The Hall–Kier alpha value is -2.16. The monoisotopic (exact) mass is 422 g/mol. The number of halogens is 2. The molecular weight excluding hydrogens is 407 g/mol. The fraction of sp³-hybridized carbons (Fsp3) is 0.167. The summed E-state index contributed by atoms with van der Waals surface area (Å²) in [7, 11) is 0. The van der Waals surface area contributed by atoms with Gasteiger partial charge in [-0.2, -0.15) is 0 Å². The maximum Gasteiger partial charge on any atom is 0.230 e. The van der Waals surface area contributed by atoms with Gasteiger partial charge in [0.15, 0.2) is 4.34 Å². The Morgan fingerprint density at radius 1 is 1.22 bits per heavy atom. The highest BCUT2D eigenvalue weighted by Gasteiger charge is 2.14. The summed E-state index contributed by atoms with van der Waals surface area (Å²) < 4.78 is 14.3. The number of hydrogen-bond donors (Lipinski definition) is 2. The van der Waals surface area contributed by atoms with Gasteiger partial charge >= 0.3 is 0 Å². The van der Waals surface area contributed by atoms with Crippen LogP contribution in [-0.2, 0) is 4.79 Å². The molecule has 3 rings (SSSR count). The first-order valence-corrected chi connectivity index (χ1v) is 10.2. The predicted molar refractivity (Wildman–Crippen MR) is 108 cm³/mol. The Kier molecular flexibility index (Phi) is 6.65. The maximum absolute atomic E-state index is 13.7. The third-order valence-electron chi connectivity index (χ3n) is 3.60. The summed E-state index contributed by atoms with van der Waals surface area (Å²) in [5.41, 5.74) is 1.20. The van der Waals surface area contributed by atoms with Gasteiger partial charge < -0.3 is 10.6 Å². The summed E-state index contributed by atoms with van der Waals surface area (Å²) in [6, 6.07) is 13.5. The summed E-state index contributed by atoms with van der Waals surface area (Å²) in [6.07, 6.45) is 0. The smallest absolute Gasteiger partial charge is 0.230 e. The number of anilines is 2. The first-order valence-electron chi connectivity index (χ1n) is 8.04. The predicted octanol–water partition coefficient (Wildman–Crippen LogP) is 5.04. The lowest BCUT2D eigenvalue weighted by atomic mass is 10.1. The number of nitrogens with one attached hydrogen (secondary N) is 2. The molecule has 9 heteroatoms. The van der Waals surface area contributed by atoms with Crippen LogP contribution in [0, 0.1) is 5.82 Å². The molecule has 2 N–H and O–H groups in total. The molecule has 5 nitrogen and oxygen atoms in total. The number of hydrogen-bond acceptors (Lipinski definition) is 6. The minimum atomic E-state index is -0.366. The zero-order chi connectivity index (χ0) is 19.2. The number of carbonyl (C=O) groups excluding carboxylic acids is 1. The maximum atomic E-state index is 13.7. The van der Waals surface area contributed by atoms with Crippen LogP contribution in [0.4, 0.5) is 15.2 Å². The molecule has 0 spiro atoms. The highest BCUT2D eigenvalue weighted by Crippen LogP contribution is 2.28. The van der Waals surface area contributed by atoms with Crippen molar-refractivity contribution in [2.24, 2.45) is 0 Å². The van der Waals surface area contributed by atoms with Gasteiger partial charge in [-0.15, -0.1) is 10.2 Å². The summed E-state index contributed by atoms with van der Waals surface area (Å²) in [5, 5.41) is 14.9. The minimum absolute atomic E-state index is 0.133. The molecule has 1 atom stereocenters. The van der Waals surface area contributed by atoms with Crippen molar-refractivity contribution in [2.75, 3.05) is 11.1 Å². The molecule has 1 amide bonds. The van der Waals surface area contributed by atoms with Gasteiger partial charge in [0.1, 0.15) is 5.82 Å². The largest absolute Gasteiger partial charge is 0.349 e. The van der Waals surface area contributed by atoms with Crippen LogP contribution in [0.2, 0.25) is 5.02 Å². The van der Waals surface area contributed by atoms with E-state index in [9.17, 15) is 9.18 Å². The Bertz CT molecular complexity index is 937. The van der Waals surface area contributed by atoms with Gasteiger partial charge in [-0.1, -0.05) is 65.0 Å². The number of benzene rings is 2. The van der Waals surface area contributed by atoms with E-state index in [4.69, 9.17) is 11.6 Å². The summed E-state index contributed by atoms with van der Waals surface area (Å²) in [5.74, 6) is -0.301. The van der Waals surface area contributed by atoms with Crippen LogP contribution in [0.3, 0.4) is 0 Å². The van der Waals surface area contributed by atoms with Crippen LogP contribution < -0.4 is 10.6 Å². The lowest BCUT2D eigenvalue weighted by Crippen LogP contribution is -2.28. The molecule has 0 unspecified atom stereocenters. The second kappa shape index (κ2) is 9.16. The number of nitrogens with zero attached hydrogens (tertiary/aromatic N) is 2. The SMILES string of the molecule is C[C@H](NC(=O)CSc1nnc(Nc2ccccc2F)s1)c1ccccc1Cl. The molecule has 0 saturated heterocycles. The standard InChI is InChI=1S/C18H16ClFN4OS2/c1-11(12-6-2-3-7-13(12)19)21-16(25)10-26-18-24-23-17(27-18)22-15-9-5-4-8-14(15)20/h2-9,11H,10H2,1H3,(H,21,25)(H,22,23)/t11-/m0/s1. The summed E-state index contributed by atoms with van der Waals surface area (Å²) >= 11 is 8.68. The highest BCUT2D eigenvalue weighted by molar-refractivity contribution is 8.01. The molecule has 0 aliphatic heterocycles. The van der Waals surface area contributed by atoms with E-state index >= 15 is 0 Å². The topological polar surface area (TPSA) is 66.9 Å². The summed E-state index contributed by atoms with van der Waals surface area (Å²) in [4.78, 5) is 12.2. The van der Waals surface area contributed by atoms with Crippen molar-refractivity contribution in [1.82, 2.24) is 15.5 Å². The Morgan fingerprint density at radius 3 is 2.74 bits per heavy atom. The molecule has 3 aromatic rings. The average Bonchev–Trinajstić information content (AvgIpc) is 3.10. The van der Waals surface area contributed by atoms with E-state index in [2.05, 4.69) is 20.8 Å². The number of amides is 1. The van der Waals surface area contributed by atoms with Gasteiger partial charge in [0.05, 0.1) is 17.5 Å². The van der Waals surface area contributed by atoms with E-state index in [1.165, 1.54) is 29.2 Å². The molecule has 1 heterocycles.